The third-order valence-electron chi connectivity index (χ3n) is 4.30. The van der Waals surface area contributed by atoms with Crippen molar-refractivity contribution in [3.63, 3.8) is 0 Å². The molecule has 1 aliphatic heterocycles. The maximum absolute atomic E-state index is 12.7. The second kappa shape index (κ2) is 7.94. The lowest BCUT2D eigenvalue weighted by Gasteiger charge is -2.16. The molecule has 0 amide bonds. The van der Waals surface area contributed by atoms with Crippen LogP contribution >= 0.6 is 0 Å². The summed E-state index contributed by atoms with van der Waals surface area (Å²) in [6.45, 7) is 0.905. The van der Waals surface area contributed by atoms with Crippen LogP contribution in [0.25, 0.3) is 0 Å². The lowest BCUT2D eigenvalue weighted by molar-refractivity contribution is 0.477. The molecule has 0 unspecified atom stereocenters. The first-order valence-electron chi connectivity index (χ1n) is 8.69. The van der Waals surface area contributed by atoms with Crippen molar-refractivity contribution in [3.8, 4) is 0 Å². The van der Waals surface area contributed by atoms with Gasteiger partial charge in [-0.1, -0.05) is 12.1 Å². The zero-order chi connectivity index (χ0) is 21.3. The van der Waals surface area contributed by atoms with Crippen LogP contribution in [-0.2, 0) is 30.1 Å². The summed E-state index contributed by atoms with van der Waals surface area (Å²) >= 11 is 0. The van der Waals surface area contributed by atoms with E-state index in [0.717, 1.165) is 19.1 Å². The normalized spacial score (nSPS) is 15.9. The zero-order valence-electron chi connectivity index (χ0n) is 15.6. The van der Waals surface area contributed by atoms with Gasteiger partial charge in [0.2, 0.25) is 20.0 Å². The summed E-state index contributed by atoms with van der Waals surface area (Å²) in [5, 5.41) is 0. The predicted molar refractivity (Wildman–Crippen MR) is 110 cm³/mol. The Morgan fingerprint density at radius 3 is 1.72 bits per heavy atom. The van der Waals surface area contributed by atoms with Crippen molar-refractivity contribution in [2.24, 2.45) is 0 Å². The van der Waals surface area contributed by atoms with Crippen LogP contribution in [0.2, 0.25) is 0 Å². The van der Waals surface area contributed by atoms with Crippen LogP contribution in [0, 0.1) is 0 Å². The fourth-order valence-electron chi connectivity index (χ4n) is 2.93. The largest absolute Gasteiger partial charge is 0.282 e. The highest BCUT2D eigenvalue weighted by Gasteiger charge is 2.27. The molecule has 0 atom stereocenters. The van der Waals surface area contributed by atoms with Gasteiger partial charge in [0.05, 0.1) is 27.4 Å². The van der Waals surface area contributed by atoms with Crippen molar-refractivity contribution in [1.29, 1.82) is 0 Å². The summed E-state index contributed by atoms with van der Waals surface area (Å²) in [6, 6.07) is 10.9. The summed E-state index contributed by atoms with van der Waals surface area (Å²) in [4.78, 5) is -0.121. The topological polar surface area (TPSA) is 130 Å². The number of benzene rings is 2. The molecule has 1 fully saturated rings. The summed E-state index contributed by atoms with van der Waals surface area (Å²) in [5.74, 6) is 0. The Kier molecular flexibility index (Phi) is 5.90. The smallest absolute Gasteiger partial charge is 0.261 e. The highest BCUT2D eigenvalue weighted by Crippen LogP contribution is 2.26. The molecule has 0 aliphatic carbocycles. The molecule has 29 heavy (non-hydrogen) atoms. The number of anilines is 2. The Hall–Kier alpha value is -2.15. The van der Waals surface area contributed by atoms with E-state index in [-0.39, 0.29) is 21.2 Å². The molecular formula is C17H21N3O6S3. The Bertz CT molecular complexity index is 1200. The van der Waals surface area contributed by atoms with Crippen LogP contribution in [0.3, 0.4) is 0 Å². The fourth-order valence-corrected chi connectivity index (χ4v) is 6.11. The van der Waals surface area contributed by atoms with Gasteiger partial charge in [0.25, 0.3) is 10.0 Å². The summed E-state index contributed by atoms with van der Waals surface area (Å²) < 4.78 is 79.4. The van der Waals surface area contributed by atoms with E-state index in [0.29, 0.717) is 13.1 Å². The quantitative estimate of drug-likeness (QED) is 0.647. The molecule has 0 radical (unpaired) electrons. The number of nitrogens with one attached hydrogen (secondary N) is 2. The van der Waals surface area contributed by atoms with Crippen molar-refractivity contribution in [3.05, 3.63) is 48.5 Å². The van der Waals surface area contributed by atoms with Crippen LogP contribution in [0.4, 0.5) is 11.4 Å². The third kappa shape index (κ3) is 5.07. The summed E-state index contributed by atoms with van der Waals surface area (Å²) in [5.41, 5.74) is 0.124. The van der Waals surface area contributed by atoms with Crippen LogP contribution in [0.1, 0.15) is 12.8 Å². The summed E-state index contributed by atoms with van der Waals surface area (Å²) in [7, 11) is -11.3. The Labute approximate surface area is 170 Å². The number of hydrogen-bond donors (Lipinski definition) is 2. The lowest BCUT2D eigenvalue weighted by Crippen LogP contribution is -2.27. The van der Waals surface area contributed by atoms with Crippen LogP contribution in [-0.4, -0.2) is 48.9 Å². The van der Waals surface area contributed by atoms with Gasteiger partial charge in [-0.3, -0.25) is 9.44 Å². The SMILES string of the molecule is CS(=O)(=O)Nc1ccccc1NS(=O)(=O)c1ccc(S(=O)(=O)N2CCCC2)cc1. The van der Waals surface area contributed by atoms with Crippen molar-refractivity contribution < 1.29 is 25.3 Å². The molecule has 1 heterocycles. The van der Waals surface area contributed by atoms with Gasteiger partial charge in [0.15, 0.2) is 0 Å². The number of nitrogens with zero attached hydrogens (tertiary/aromatic N) is 1. The Morgan fingerprint density at radius 1 is 0.724 bits per heavy atom. The molecular weight excluding hydrogens is 438 g/mol. The van der Waals surface area contributed by atoms with E-state index in [2.05, 4.69) is 9.44 Å². The molecule has 0 aromatic heterocycles. The van der Waals surface area contributed by atoms with Gasteiger partial charge in [0.1, 0.15) is 0 Å². The van der Waals surface area contributed by atoms with Gasteiger partial charge in [-0.15, -0.1) is 0 Å². The van der Waals surface area contributed by atoms with Crippen LogP contribution in [0.15, 0.2) is 58.3 Å². The molecule has 158 valence electrons. The van der Waals surface area contributed by atoms with Gasteiger partial charge in [0, 0.05) is 13.1 Å². The maximum atomic E-state index is 12.7. The van der Waals surface area contributed by atoms with Gasteiger partial charge in [-0.05, 0) is 49.2 Å². The average molecular weight is 460 g/mol. The highest BCUT2D eigenvalue weighted by molar-refractivity contribution is 7.93. The van der Waals surface area contributed by atoms with Crippen LogP contribution < -0.4 is 9.44 Å². The standard InChI is InChI=1S/C17H21N3O6S3/c1-27(21,22)18-16-6-2-3-7-17(16)19-28(23,24)14-8-10-15(11-9-14)29(25,26)20-12-4-5-13-20/h2-3,6-11,18-19H,4-5,12-13H2,1H3. The highest BCUT2D eigenvalue weighted by atomic mass is 32.2. The van der Waals surface area contributed by atoms with Gasteiger partial charge < -0.3 is 0 Å². The van der Waals surface area contributed by atoms with E-state index in [9.17, 15) is 25.3 Å². The minimum absolute atomic E-state index is 0.0255. The van der Waals surface area contributed by atoms with E-state index < -0.39 is 30.1 Å². The van der Waals surface area contributed by atoms with Crippen molar-refractivity contribution in [2.45, 2.75) is 22.6 Å². The first kappa shape index (κ1) is 21.6. The third-order valence-corrected chi connectivity index (χ3v) is 8.19. The van der Waals surface area contributed by atoms with E-state index in [1.165, 1.54) is 40.7 Å². The van der Waals surface area contributed by atoms with Gasteiger partial charge >= 0.3 is 0 Å². The average Bonchev–Trinajstić information content (AvgIpc) is 3.18. The molecule has 1 saturated heterocycles. The number of rotatable bonds is 7. The van der Waals surface area contributed by atoms with E-state index in [1.54, 1.807) is 12.1 Å². The molecule has 2 aromatic carbocycles. The van der Waals surface area contributed by atoms with E-state index in [1.807, 2.05) is 0 Å². The van der Waals surface area contributed by atoms with Crippen LogP contribution in [0.5, 0.6) is 0 Å². The molecule has 9 nitrogen and oxygen atoms in total. The number of para-hydroxylation sites is 2. The second-order valence-corrected chi connectivity index (χ2v) is 12.0. The molecule has 12 heteroatoms. The fraction of sp³-hybridized carbons (Fsp3) is 0.294. The molecule has 2 N–H and O–H groups in total. The first-order chi connectivity index (χ1) is 13.5. The molecule has 0 bridgehead atoms. The second-order valence-electron chi connectivity index (χ2n) is 6.61. The number of hydrogen-bond acceptors (Lipinski definition) is 6. The number of sulfonamides is 3. The van der Waals surface area contributed by atoms with Crippen molar-refractivity contribution >= 4 is 41.4 Å². The van der Waals surface area contributed by atoms with E-state index in [4.69, 9.17) is 0 Å². The maximum Gasteiger partial charge on any atom is 0.261 e. The van der Waals surface area contributed by atoms with Gasteiger partial charge in [-0.25, -0.2) is 25.3 Å². The van der Waals surface area contributed by atoms with Crippen molar-refractivity contribution in [1.82, 2.24) is 4.31 Å². The predicted octanol–water partition coefficient (Wildman–Crippen LogP) is 1.64. The minimum atomic E-state index is -4.07. The van der Waals surface area contributed by atoms with Gasteiger partial charge in [-0.2, -0.15) is 4.31 Å². The lowest BCUT2D eigenvalue weighted by atomic mass is 10.3. The zero-order valence-corrected chi connectivity index (χ0v) is 18.0. The molecule has 2 aromatic rings. The molecule has 0 spiro atoms. The first-order valence-corrected chi connectivity index (χ1v) is 13.5. The van der Waals surface area contributed by atoms with E-state index >= 15 is 0 Å². The minimum Gasteiger partial charge on any atom is -0.282 e. The monoisotopic (exact) mass is 459 g/mol. The Balaban J connectivity index is 1.86. The van der Waals surface area contributed by atoms with Crippen molar-refractivity contribution in [2.75, 3.05) is 28.8 Å². The summed E-state index contributed by atoms with van der Waals surface area (Å²) in [6.07, 6.45) is 2.56. The molecule has 1 aliphatic rings. The molecule has 0 saturated carbocycles. The Morgan fingerprint density at radius 2 is 1.21 bits per heavy atom. The molecule has 3 rings (SSSR count).